The largest absolute Gasteiger partial charge is 0.497 e. The van der Waals surface area contributed by atoms with E-state index in [4.69, 9.17) is 4.74 Å². The second-order valence-corrected chi connectivity index (χ2v) is 6.80. The molecule has 1 N–H and O–H groups in total. The van der Waals surface area contributed by atoms with E-state index in [-0.39, 0.29) is 24.2 Å². The summed E-state index contributed by atoms with van der Waals surface area (Å²) in [4.78, 5) is 28.7. The maximum absolute atomic E-state index is 12.4. The van der Waals surface area contributed by atoms with E-state index in [0.717, 1.165) is 31.1 Å². The van der Waals surface area contributed by atoms with Gasteiger partial charge in [0.25, 0.3) is 0 Å². The molecule has 25 heavy (non-hydrogen) atoms. The van der Waals surface area contributed by atoms with Gasteiger partial charge in [-0.3, -0.25) is 9.59 Å². The minimum absolute atomic E-state index is 0.00125. The topological polar surface area (TPSA) is 61.9 Å². The van der Waals surface area contributed by atoms with Crippen molar-refractivity contribution in [2.75, 3.05) is 44.7 Å². The molecule has 0 saturated carbocycles. The van der Waals surface area contributed by atoms with Gasteiger partial charge in [-0.2, -0.15) is 0 Å². The van der Waals surface area contributed by atoms with E-state index in [1.165, 1.54) is 19.3 Å². The first-order chi connectivity index (χ1) is 12.2. The van der Waals surface area contributed by atoms with Crippen LogP contribution >= 0.6 is 0 Å². The van der Waals surface area contributed by atoms with Crippen LogP contribution in [0.25, 0.3) is 0 Å². The van der Waals surface area contributed by atoms with E-state index in [9.17, 15) is 9.59 Å². The number of rotatable bonds is 6. The van der Waals surface area contributed by atoms with Crippen molar-refractivity contribution in [1.29, 1.82) is 0 Å². The number of nitrogens with one attached hydrogen (secondary N) is 1. The first kappa shape index (κ1) is 17.7. The lowest BCUT2D eigenvalue weighted by Gasteiger charge is -2.26. The Morgan fingerprint density at radius 1 is 1.20 bits per heavy atom. The number of ether oxygens (including phenoxy) is 1. The fourth-order valence-corrected chi connectivity index (χ4v) is 3.56. The van der Waals surface area contributed by atoms with Gasteiger partial charge in [0.2, 0.25) is 11.8 Å². The average Bonchev–Trinajstić information content (AvgIpc) is 3.04. The molecule has 2 aliphatic heterocycles. The normalized spacial score (nSPS) is 21.4. The standard InChI is InChI=1S/C19H27N3O3/c1-25-17-7-5-16(6-8-17)22-14-15(13-18(22)23)19(24)20-9-12-21-10-3-2-4-11-21/h5-8,15H,2-4,9-14H2,1H3,(H,20,24). The zero-order chi connectivity index (χ0) is 17.6. The van der Waals surface area contributed by atoms with Crippen LogP contribution in [0.5, 0.6) is 5.75 Å². The van der Waals surface area contributed by atoms with Crippen LogP contribution in [-0.4, -0.2) is 56.5 Å². The first-order valence-corrected chi connectivity index (χ1v) is 9.12. The van der Waals surface area contributed by atoms with Crippen molar-refractivity contribution >= 4 is 17.5 Å². The number of piperidine rings is 1. The van der Waals surface area contributed by atoms with E-state index >= 15 is 0 Å². The van der Waals surface area contributed by atoms with Gasteiger partial charge in [0.1, 0.15) is 5.75 Å². The van der Waals surface area contributed by atoms with Crippen LogP contribution in [0, 0.1) is 5.92 Å². The molecule has 3 rings (SSSR count). The SMILES string of the molecule is COc1ccc(N2CC(C(=O)NCCN3CCCCC3)CC2=O)cc1. The highest BCUT2D eigenvalue weighted by Crippen LogP contribution is 2.26. The summed E-state index contributed by atoms with van der Waals surface area (Å²) in [5, 5.41) is 3.00. The van der Waals surface area contributed by atoms with Crippen LogP contribution in [0.2, 0.25) is 0 Å². The molecule has 1 atom stereocenters. The zero-order valence-electron chi connectivity index (χ0n) is 14.9. The number of hydrogen-bond acceptors (Lipinski definition) is 4. The fraction of sp³-hybridized carbons (Fsp3) is 0.579. The van der Waals surface area contributed by atoms with Crippen molar-refractivity contribution in [3.05, 3.63) is 24.3 Å². The van der Waals surface area contributed by atoms with E-state index in [1.807, 2.05) is 24.3 Å². The van der Waals surface area contributed by atoms with Crippen LogP contribution < -0.4 is 15.0 Å². The average molecular weight is 345 g/mol. The molecule has 2 amide bonds. The highest BCUT2D eigenvalue weighted by molar-refractivity contribution is 6.00. The summed E-state index contributed by atoms with van der Waals surface area (Å²) in [6, 6.07) is 7.37. The highest BCUT2D eigenvalue weighted by atomic mass is 16.5. The Balaban J connectivity index is 1.48. The summed E-state index contributed by atoms with van der Waals surface area (Å²) < 4.78 is 5.14. The molecule has 1 aromatic carbocycles. The van der Waals surface area contributed by atoms with Crippen molar-refractivity contribution in [1.82, 2.24) is 10.2 Å². The van der Waals surface area contributed by atoms with Crippen molar-refractivity contribution in [2.24, 2.45) is 5.92 Å². The maximum Gasteiger partial charge on any atom is 0.227 e. The summed E-state index contributed by atoms with van der Waals surface area (Å²) in [6.45, 7) is 4.26. The van der Waals surface area contributed by atoms with Crippen LogP contribution in [0.4, 0.5) is 5.69 Å². The van der Waals surface area contributed by atoms with E-state index in [0.29, 0.717) is 13.1 Å². The molecular weight excluding hydrogens is 318 g/mol. The Bertz CT molecular complexity index is 596. The van der Waals surface area contributed by atoms with Crippen molar-refractivity contribution in [3.8, 4) is 5.75 Å². The third kappa shape index (κ3) is 4.51. The number of hydrogen-bond donors (Lipinski definition) is 1. The predicted octanol–water partition coefficient (Wildman–Crippen LogP) is 1.65. The summed E-state index contributed by atoms with van der Waals surface area (Å²) in [7, 11) is 1.61. The number of carbonyl (C=O) groups is 2. The molecule has 0 aromatic heterocycles. The Morgan fingerprint density at radius 2 is 1.92 bits per heavy atom. The molecule has 2 aliphatic rings. The smallest absolute Gasteiger partial charge is 0.227 e. The molecule has 0 radical (unpaired) electrons. The van der Waals surface area contributed by atoms with E-state index < -0.39 is 0 Å². The van der Waals surface area contributed by atoms with Crippen LogP contribution in [-0.2, 0) is 9.59 Å². The first-order valence-electron chi connectivity index (χ1n) is 9.12. The number of likely N-dealkylation sites (tertiary alicyclic amines) is 1. The van der Waals surface area contributed by atoms with Crippen LogP contribution in [0.3, 0.4) is 0 Å². The molecule has 2 saturated heterocycles. The fourth-order valence-electron chi connectivity index (χ4n) is 3.56. The molecule has 6 heteroatoms. The molecule has 0 aliphatic carbocycles. The summed E-state index contributed by atoms with van der Waals surface area (Å²) in [5.41, 5.74) is 0.814. The lowest BCUT2D eigenvalue weighted by atomic mass is 10.1. The Labute approximate surface area is 149 Å². The zero-order valence-corrected chi connectivity index (χ0v) is 14.9. The van der Waals surface area contributed by atoms with Gasteiger partial charge in [-0.05, 0) is 50.2 Å². The Morgan fingerprint density at radius 3 is 2.60 bits per heavy atom. The third-order valence-corrected chi connectivity index (χ3v) is 5.06. The Kier molecular flexibility index (Phi) is 5.91. The van der Waals surface area contributed by atoms with Gasteiger partial charge in [-0.25, -0.2) is 0 Å². The molecule has 136 valence electrons. The van der Waals surface area contributed by atoms with Crippen molar-refractivity contribution in [2.45, 2.75) is 25.7 Å². The van der Waals surface area contributed by atoms with E-state index in [2.05, 4.69) is 10.2 Å². The number of anilines is 1. The second kappa shape index (κ2) is 8.34. The quantitative estimate of drug-likeness (QED) is 0.852. The lowest BCUT2D eigenvalue weighted by molar-refractivity contribution is -0.126. The van der Waals surface area contributed by atoms with Gasteiger partial charge in [-0.15, -0.1) is 0 Å². The third-order valence-electron chi connectivity index (χ3n) is 5.06. The summed E-state index contributed by atoms with van der Waals surface area (Å²) in [6.07, 6.45) is 4.10. The predicted molar refractivity (Wildman–Crippen MR) is 96.8 cm³/mol. The summed E-state index contributed by atoms with van der Waals surface area (Å²) >= 11 is 0. The monoisotopic (exact) mass is 345 g/mol. The number of nitrogens with zero attached hydrogens (tertiary/aromatic N) is 2. The number of carbonyl (C=O) groups excluding carboxylic acids is 2. The molecule has 1 aromatic rings. The molecule has 2 heterocycles. The van der Waals surface area contributed by atoms with Gasteiger partial charge >= 0.3 is 0 Å². The number of amides is 2. The second-order valence-electron chi connectivity index (χ2n) is 6.80. The molecule has 0 spiro atoms. The number of methoxy groups -OCH3 is 1. The Hall–Kier alpha value is -2.08. The minimum Gasteiger partial charge on any atom is -0.497 e. The van der Waals surface area contributed by atoms with Gasteiger partial charge in [0.05, 0.1) is 13.0 Å². The maximum atomic E-state index is 12.4. The highest BCUT2D eigenvalue weighted by Gasteiger charge is 2.35. The molecule has 2 fully saturated rings. The van der Waals surface area contributed by atoms with Crippen molar-refractivity contribution in [3.63, 3.8) is 0 Å². The van der Waals surface area contributed by atoms with Gasteiger partial charge in [0, 0.05) is 31.7 Å². The molecule has 1 unspecified atom stereocenters. The summed E-state index contributed by atoms with van der Waals surface area (Å²) in [5.74, 6) is 0.473. The molecule has 6 nitrogen and oxygen atoms in total. The van der Waals surface area contributed by atoms with Crippen LogP contribution in [0.1, 0.15) is 25.7 Å². The molecule has 0 bridgehead atoms. The molecular formula is C19H27N3O3. The van der Waals surface area contributed by atoms with Gasteiger partial charge < -0.3 is 19.9 Å². The van der Waals surface area contributed by atoms with Gasteiger partial charge in [-0.1, -0.05) is 6.42 Å². The minimum atomic E-state index is -0.268. The number of benzene rings is 1. The van der Waals surface area contributed by atoms with Crippen LogP contribution in [0.15, 0.2) is 24.3 Å². The van der Waals surface area contributed by atoms with E-state index in [1.54, 1.807) is 12.0 Å². The lowest BCUT2D eigenvalue weighted by Crippen LogP contribution is -2.40. The van der Waals surface area contributed by atoms with Gasteiger partial charge in [0.15, 0.2) is 0 Å². The van der Waals surface area contributed by atoms with Crippen molar-refractivity contribution < 1.29 is 14.3 Å².